The topological polar surface area (TPSA) is 64.6 Å². The Morgan fingerprint density at radius 1 is 1.47 bits per heavy atom. The number of rotatable bonds is 5. The van der Waals surface area contributed by atoms with Crippen LogP contribution in [0.5, 0.6) is 0 Å². The van der Waals surface area contributed by atoms with Crippen molar-refractivity contribution in [2.24, 2.45) is 0 Å². The fourth-order valence-electron chi connectivity index (χ4n) is 1.78. The maximum Gasteiger partial charge on any atom is 0.208 e. The van der Waals surface area contributed by atoms with Crippen LogP contribution in [0, 0.1) is 0 Å². The highest BCUT2D eigenvalue weighted by Gasteiger charge is 2.44. The van der Waals surface area contributed by atoms with Crippen LogP contribution in [0.3, 0.4) is 0 Å². The highest BCUT2D eigenvalue weighted by molar-refractivity contribution is 7.88. The minimum Gasteiger partial charge on any atom is -0.370 e. The molecule has 1 aliphatic rings. The van der Waals surface area contributed by atoms with Crippen LogP contribution < -0.4 is 4.72 Å². The van der Waals surface area contributed by atoms with E-state index in [1.54, 1.807) is 20.8 Å². The van der Waals surface area contributed by atoms with E-state index >= 15 is 0 Å². The first-order valence-corrected chi connectivity index (χ1v) is 7.49. The number of ether oxygens (including phenoxy) is 2. The normalized spacial score (nSPS) is 34.5. The van der Waals surface area contributed by atoms with Crippen molar-refractivity contribution in [1.29, 1.82) is 0 Å². The van der Waals surface area contributed by atoms with Gasteiger partial charge in [0.25, 0.3) is 0 Å². The molecule has 1 N–H and O–H groups in total. The van der Waals surface area contributed by atoms with Crippen LogP contribution in [0.4, 0.5) is 4.39 Å². The van der Waals surface area contributed by atoms with E-state index in [2.05, 4.69) is 4.72 Å². The van der Waals surface area contributed by atoms with Crippen molar-refractivity contribution in [3.8, 4) is 0 Å². The highest BCUT2D eigenvalue weighted by atomic mass is 32.2. The van der Waals surface area contributed by atoms with Gasteiger partial charge in [-0.15, -0.1) is 0 Å². The van der Waals surface area contributed by atoms with Crippen LogP contribution in [0.1, 0.15) is 20.8 Å². The number of hydrogen-bond acceptors (Lipinski definition) is 4. The lowest BCUT2D eigenvalue weighted by Gasteiger charge is -2.22. The summed E-state index contributed by atoms with van der Waals surface area (Å²) in [5.41, 5.74) is 0. The summed E-state index contributed by atoms with van der Waals surface area (Å²) in [5, 5.41) is 0. The Kier molecular flexibility index (Phi) is 4.88. The number of alkyl halides is 1. The van der Waals surface area contributed by atoms with E-state index in [1.165, 1.54) is 0 Å². The molecule has 0 bridgehead atoms. The number of halogens is 1. The summed E-state index contributed by atoms with van der Waals surface area (Å²) < 4.78 is 48.8. The summed E-state index contributed by atoms with van der Waals surface area (Å²) in [7, 11) is -3.31. The van der Waals surface area contributed by atoms with Crippen LogP contribution in [-0.4, -0.2) is 51.8 Å². The lowest BCUT2D eigenvalue weighted by molar-refractivity contribution is -0.0510. The molecule has 0 aliphatic carbocycles. The fraction of sp³-hybridized carbons (Fsp3) is 1.00. The van der Waals surface area contributed by atoms with Gasteiger partial charge in [0, 0.05) is 6.54 Å². The van der Waals surface area contributed by atoms with Crippen molar-refractivity contribution >= 4 is 10.0 Å². The van der Waals surface area contributed by atoms with Crippen molar-refractivity contribution in [1.82, 2.24) is 4.72 Å². The predicted octanol–water partition coefficient (Wildman–Crippen LogP) is 0.455. The van der Waals surface area contributed by atoms with Gasteiger partial charge in [-0.05, 0) is 20.8 Å². The summed E-state index contributed by atoms with van der Waals surface area (Å²) in [6.45, 7) is 5.25. The number of sulfonamides is 1. The first-order chi connectivity index (χ1) is 7.70. The lowest BCUT2D eigenvalue weighted by Crippen LogP contribution is -2.41. The molecule has 17 heavy (non-hydrogen) atoms. The van der Waals surface area contributed by atoms with Crippen LogP contribution >= 0.6 is 0 Å². The molecule has 1 rings (SSSR count). The van der Waals surface area contributed by atoms with Gasteiger partial charge in [-0.3, -0.25) is 0 Å². The number of nitrogens with one attached hydrogen (secondary N) is 1. The monoisotopic (exact) mass is 269 g/mol. The molecule has 1 saturated heterocycles. The zero-order valence-electron chi connectivity index (χ0n) is 10.5. The van der Waals surface area contributed by atoms with E-state index in [9.17, 15) is 12.8 Å². The van der Waals surface area contributed by atoms with E-state index in [4.69, 9.17) is 9.47 Å². The summed E-state index contributed by atoms with van der Waals surface area (Å²) in [6, 6.07) is 0. The second kappa shape index (κ2) is 5.60. The lowest BCUT2D eigenvalue weighted by atomic mass is 10.1. The predicted molar refractivity (Wildman–Crippen MR) is 62.1 cm³/mol. The largest absolute Gasteiger partial charge is 0.370 e. The Labute approximate surface area is 102 Å². The number of hydrogen-bond donors (Lipinski definition) is 1. The molecule has 4 atom stereocenters. The van der Waals surface area contributed by atoms with Crippen molar-refractivity contribution in [3.05, 3.63) is 0 Å². The Hall–Kier alpha value is -0.240. The van der Waals surface area contributed by atoms with Crippen molar-refractivity contribution in [3.63, 3.8) is 0 Å². The van der Waals surface area contributed by atoms with E-state index in [0.717, 1.165) is 6.26 Å². The average Bonchev–Trinajstić information content (AvgIpc) is 2.41. The third kappa shape index (κ3) is 4.50. The first kappa shape index (κ1) is 14.8. The Bertz CT molecular complexity index is 346. The SMILES string of the molecule is CC(C)O[C@H]1[C@@H](F)[C@H](C)O[C@@H]1CNS(C)(=O)=O. The molecule has 1 aliphatic heterocycles. The molecular formula is C10H20FNO4S. The summed E-state index contributed by atoms with van der Waals surface area (Å²) >= 11 is 0. The van der Waals surface area contributed by atoms with Crippen molar-refractivity contribution in [2.45, 2.75) is 51.4 Å². The van der Waals surface area contributed by atoms with Gasteiger partial charge in [-0.2, -0.15) is 0 Å². The van der Waals surface area contributed by atoms with E-state index in [-0.39, 0.29) is 12.6 Å². The van der Waals surface area contributed by atoms with Gasteiger partial charge in [-0.25, -0.2) is 17.5 Å². The van der Waals surface area contributed by atoms with E-state index in [1.807, 2.05) is 0 Å². The van der Waals surface area contributed by atoms with E-state index < -0.39 is 34.5 Å². The minimum absolute atomic E-state index is 0.0288. The average molecular weight is 269 g/mol. The van der Waals surface area contributed by atoms with Gasteiger partial charge in [0.2, 0.25) is 10.0 Å². The van der Waals surface area contributed by atoms with Crippen LogP contribution in [-0.2, 0) is 19.5 Å². The molecule has 102 valence electrons. The van der Waals surface area contributed by atoms with Gasteiger partial charge >= 0.3 is 0 Å². The smallest absolute Gasteiger partial charge is 0.208 e. The van der Waals surface area contributed by atoms with Gasteiger partial charge in [0.05, 0.1) is 18.5 Å². The van der Waals surface area contributed by atoms with Crippen LogP contribution in [0.15, 0.2) is 0 Å². The maximum atomic E-state index is 13.8. The molecule has 0 aromatic rings. The molecule has 7 heteroatoms. The molecule has 0 unspecified atom stereocenters. The van der Waals surface area contributed by atoms with Crippen LogP contribution in [0.2, 0.25) is 0 Å². The van der Waals surface area contributed by atoms with Crippen molar-refractivity contribution in [2.75, 3.05) is 12.8 Å². The summed E-state index contributed by atoms with van der Waals surface area (Å²) in [5.74, 6) is 0. The molecule has 5 nitrogen and oxygen atoms in total. The molecule has 0 spiro atoms. The molecular weight excluding hydrogens is 249 g/mol. The third-order valence-corrected chi connectivity index (χ3v) is 3.19. The summed E-state index contributed by atoms with van der Waals surface area (Å²) in [6.07, 6.45) is -2.20. The molecule has 0 amide bonds. The Morgan fingerprint density at radius 3 is 2.53 bits per heavy atom. The Balaban J connectivity index is 2.62. The van der Waals surface area contributed by atoms with Gasteiger partial charge in [-0.1, -0.05) is 0 Å². The third-order valence-electron chi connectivity index (χ3n) is 2.49. The second-order valence-electron chi connectivity index (χ2n) is 4.59. The maximum absolute atomic E-state index is 13.8. The standard InChI is InChI=1S/C10H20FNO4S/c1-6(2)15-10-8(5-12-17(4,13)14)16-7(3)9(10)11/h6-10,12H,5H2,1-4H3/t7-,8+,9-,10+/m0/s1. The summed E-state index contributed by atoms with van der Waals surface area (Å²) in [4.78, 5) is 0. The van der Waals surface area contributed by atoms with E-state index in [0.29, 0.717) is 0 Å². The highest BCUT2D eigenvalue weighted by Crippen LogP contribution is 2.27. The molecule has 1 fully saturated rings. The minimum atomic E-state index is -3.31. The molecule has 0 radical (unpaired) electrons. The second-order valence-corrected chi connectivity index (χ2v) is 6.43. The quantitative estimate of drug-likeness (QED) is 0.787. The molecule has 0 aromatic heterocycles. The Morgan fingerprint density at radius 2 is 2.06 bits per heavy atom. The molecule has 0 saturated carbocycles. The first-order valence-electron chi connectivity index (χ1n) is 5.60. The zero-order valence-corrected chi connectivity index (χ0v) is 11.3. The van der Waals surface area contributed by atoms with Gasteiger partial charge < -0.3 is 9.47 Å². The van der Waals surface area contributed by atoms with Gasteiger partial charge in [0.1, 0.15) is 12.2 Å². The zero-order chi connectivity index (χ0) is 13.2. The van der Waals surface area contributed by atoms with Crippen LogP contribution in [0.25, 0.3) is 0 Å². The van der Waals surface area contributed by atoms with Gasteiger partial charge in [0.15, 0.2) is 6.17 Å². The van der Waals surface area contributed by atoms with Crippen molar-refractivity contribution < 1.29 is 22.3 Å². The molecule has 0 aromatic carbocycles. The molecule has 1 heterocycles. The fourth-order valence-corrected chi connectivity index (χ4v) is 2.24.